The number of rotatable bonds is 3. The van der Waals surface area contributed by atoms with Gasteiger partial charge in [-0.3, -0.25) is 0 Å². The Balaban J connectivity index is 2.61. The Morgan fingerprint density at radius 2 is 2.12 bits per heavy atom. The predicted molar refractivity (Wildman–Crippen MR) is 49.9 cm³/mol. The standard InChI is InChI=1S/C10H9F3N2O/c1-7-4-8(6-14)5-9(15-7)16-3-2-10(11,12)13/h4-5H,2-3H2,1H3. The quantitative estimate of drug-likeness (QED) is 0.801. The summed E-state index contributed by atoms with van der Waals surface area (Å²) < 4.78 is 40.3. The molecule has 1 heterocycles. The lowest BCUT2D eigenvalue weighted by Crippen LogP contribution is -2.13. The second kappa shape index (κ2) is 4.84. The summed E-state index contributed by atoms with van der Waals surface area (Å²) in [4.78, 5) is 3.86. The molecule has 0 amide bonds. The molecule has 0 N–H and O–H groups in total. The molecule has 0 radical (unpaired) electrons. The number of hydrogen-bond acceptors (Lipinski definition) is 3. The molecule has 0 aromatic carbocycles. The summed E-state index contributed by atoms with van der Waals surface area (Å²) in [6.07, 6.45) is -5.29. The molecule has 0 bridgehead atoms. The molecule has 1 aromatic rings. The summed E-state index contributed by atoms with van der Waals surface area (Å²) in [5, 5.41) is 8.63. The summed E-state index contributed by atoms with van der Waals surface area (Å²) in [5.74, 6) is 0.0424. The van der Waals surface area contributed by atoms with Gasteiger partial charge in [0.05, 0.1) is 24.7 Å². The van der Waals surface area contributed by atoms with Gasteiger partial charge in [-0.25, -0.2) is 4.98 Å². The van der Waals surface area contributed by atoms with Crippen molar-refractivity contribution >= 4 is 0 Å². The summed E-state index contributed by atoms with van der Waals surface area (Å²) >= 11 is 0. The number of aromatic nitrogens is 1. The van der Waals surface area contributed by atoms with Gasteiger partial charge in [-0.2, -0.15) is 18.4 Å². The molecule has 1 rings (SSSR count). The van der Waals surface area contributed by atoms with E-state index in [0.29, 0.717) is 11.3 Å². The van der Waals surface area contributed by atoms with Gasteiger partial charge in [0.2, 0.25) is 5.88 Å². The molecule has 0 aliphatic heterocycles. The molecule has 1 aromatic heterocycles. The van der Waals surface area contributed by atoms with Crippen molar-refractivity contribution in [2.24, 2.45) is 0 Å². The van der Waals surface area contributed by atoms with Crippen molar-refractivity contribution in [3.05, 3.63) is 23.4 Å². The molecular weight excluding hydrogens is 221 g/mol. The van der Waals surface area contributed by atoms with Crippen molar-refractivity contribution in [1.82, 2.24) is 4.98 Å². The van der Waals surface area contributed by atoms with Crippen molar-refractivity contribution in [3.63, 3.8) is 0 Å². The van der Waals surface area contributed by atoms with Gasteiger partial charge in [-0.05, 0) is 13.0 Å². The zero-order valence-electron chi connectivity index (χ0n) is 8.51. The van der Waals surface area contributed by atoms with Gasteiger partial charge >= 0.3 is 6.18 Å². The zero-order valence-corrected chi connectivity index (χ0v) is 8.51. The van der Waals surface area contributed by atoms with Crippen molar-refractivity contribution in [1.29, 1.82) is 5.26 Å². The molecule has 0 atom stereocenters. The Labute approximate surface area is 90.5 Å². The van der Waals surface area contributed by atoms with E-state index >= 15 is 0 Å². The zero-order chi connectivity index (χ0) is 12.2. The van der Waals surface area contributed by atoms with Crippen LogP contribution < -0.4 is 4.74 Å². The largest absolute Gasteiger partial charge is 0.477 e. The Morgan fingerprint density at radius 3 is 2.69 bits per heavy atom. The Kier molecular flexibility index (Phi) is 3.72. The van der Waals surface area contributed by atoms with Crippen LogP contribution >= 0.6 is 0 Å². The van der Waals surface area contributed by atoms with E-state index in [-0.39, 0.29) is 5.88 Å². The average molecular weight is 230 g/mol. The fourth-order valence-corrected chi connectivity index (χ4v) is 1.05. The lowest BCUT2D eigenvalue weighted by molar-refractivity contribution is -0.139. The van der Waals surface area contributed by atoms with E-state index in [1.807, 2.05) is 6.07 Å². The van der Waals surface area contributed by atoms with Crippen molar-refractivity contribution in [2.75, 3.05) is 6.61 Å². The van der Waals surface area contributed by atoms with Gasteiger partial charge in [0.25, 0.3) is 0 Å². The first-order chi connectivity index (χ1) is 7.40. The maximum absolute atomic E-state index is 11.8. The van der Waals surface area contributed by atoms with Gasteiger partial charge in [-0.1, -0.05) is 0 Å². The first-order valence-electron chi connectivity index (χ1n) is 4.49. The number of ether oxygens (including phenoxy) is 1. The van der Waals surface area contributed by atoms with E-state index in [1.54, 1.807) is 6.92 Å². The summed E-state index contributed by atoms with van der Waals surface area (Å²) in [7, 11) is 0. The number of pyridine rings is 1. The van der Waals surface area contributed by atoms with Crippen LogP contribution in [0.15, 0.2) is 12.1 Å². The van der Waals surface area contributed by atoms with E-state index in [0.717, 1.165) is 0 Å². The molecule has 0 aliphatic rings. The van der Waals surface area contributed by atoms with E-state index in [4.69, 9.17) is 10.00 Å². The van der Waals surface area contributed by atoms with Crippen LogP contribution in [0.2, 0.25) is 0 Å². The minimum Gasteiger partial charge on any atom is -0.477 e. The normalized spacial score (nSPS) is 10.9. The van der Waals surface area contributed by atoms with E-state index < -0.39 is 19.2 Å². The van der Waals surface area contributed by atoms with Gasteiger partial charge in [0.1, 0.15) is 0 Å². The number of nitrogens with zero attached hydrogens (tertiary/aromatic N) is 2. The molecule has 0 aliphatic carbocycles. The molecule has 3 nitrogen and oxygen atoms in total. The predicted octanol–water partition coefficient (Wildman–Crippen LogP) is 2.59. The highest BCUT2D eigenvalue weighted by Crippen LogP contribution is 2.20. The van der Waals surface area contributed by atoms with Crippen LogP contribution in [0.1, 0.15) is 17.7 Å². The van der Waals surface area contributed by atoms with Crippen LogP contribution in [0.5, 0.6) is 5.88 Å². The monoisotopic (exact) mass is 230 g/mol. The third-order valence-corrected chi connectivity index (χ3v) is 1.69. The molecule has 0 fully saturated rings. The first-order valence-corrected chi connectivity index (χ1v) is 4.49. The number of halogens is 3. The third kappa shape index (κ3) is 4.17. The van der Waals surface area contributed by atoms with Gasteiger partial charge < -0.3 is 4.74 Å². The highest BCUT2D eigenvalue weighted by Gasteiger charge is 2.26. The van der Waals surface area contributed by atoms with Gasteiger partial charge in [-0.15, -0.1) is 0 Å². The molecule has 0 spiro atoms. The minimum atomic E-state index is -4.25. The molecule has 16 heavy (non-hydrogen) atoms. The summed E-state index contributed by atoms with van der Waals surface area (Å²) in [6.45, 7) is 1.14. The highest BCUT2D eigenvalue weighted by atomic mass is 19.4. The van der Waals surface area contributed by atoms with Gasteiger partial charge in [0.15, 0.2) is 0 Å². The van der Waals surface area contributed by atoms with Crippen LogP contribution in [0.4, 0.5) is 13.2 Å². The van der Waals surface area contributed by atoms with Crippen LogP contribution in [0.3, 0.4) is 0 Å². The minimum absolute atomic E-state index is 0.0424. The van der Waals surface area contributed by atoms with E-state index in [2.05, 4.69) is 4.98 Å². The lowest BCUT2D eigenvalue weighted by atomic mass is 10.2. The number of aryl methyl sites for hydroxylation is 1. The van der Waals surface area contributed by atoms with Crippen molar-refractivity contribution < 1.29 is 17.9 Å². The number of nitriles is 1. The van der Waals surface area contributed by atoms with Crippen molar-refractivity contribution in [3.8, 4) is 11.9 Å². The van der Waals surface area contributed by atoms with Crippen LogP contribution in [0, 0.1) is 18.3 Å². The fourth-order valence-electron chi connectivity index (χ4n) is 1.05. The second-order valence-corrected chi connectivity index (χ2v) is 3.16. The molecule has 0 saturated carbocycles. The first kappa shape index (κ1) is 12.3. The smallest absolute Gasteiger partial charge is 0.392 e. The molecular formula is C10H9F3N2O. The van der Waals surface area contributed by atoms with E-state index in [1.165, 1.54) is 12.1 Å². The topological polar surface area (TPSA) is 45.9 Å². The molecule has 0 unspecified atom stereocenters. The van der Waals surface area contributed by atoms with Crippen LogP contribution in [-0.2, 0) is 0 Å². The Hall–Kier alpha value is -1.77. The summed E-state index contributed by atoms with van der Waals surface area (Å²) in [6, 6.07) is 4.71. The van der Waals surface area contributed by atoms with Crippen LogP contribution in [-0.4, -0.2) is 17.8 Å². The van der Waals surface area contributed by atoms with Gasteiger partial charge in [0, 0.05) is 11.8 Å². The number of hydrogen-bond donors (Lipinski definition) is 0. The van der Waals surface area contributed by atoms with Crippen molar-refractivity contribution in [2.45, 2.75) is 19.5 Å². The maximum atomic E-state index is 11.8. The molecule has 6 heteroatoms. The van der Waals surface area contributed by atoms with Crippen LogP contribution in [0.25, 0.3) is 0 Å². The summed E-state index contributed by atoms with van der Waals surface area (Å²) in [5.41, 5.74) is 0.843. The second-order valence-electron chi connectivity index (χ2n) is 3.16. The molecule has 86 valence electrons. The fraction of sp³-hybridized carbons (Fsp3) is 0.400. The average Bonchev–Trinajstić information content (AvgIpc) is 2.14. The SMILES string of the molecule is Cc1cc(C#N)cc(OCCC(F)(F)F)n1. The Morgan fingerprint density at radius 1 is 1.44 bits per heavy atom. The van der Waals surface area contributed by atoms with E-state index in [9.17, 15) is 13.2 Å². The Bertz CT molecular complexity index is 410. The third-order valence-electron chi connectivity index (χ3n) is 1.69. The lowest BCUT2D eigenvalue weighted by Gasteiger charge is -2.08. The number of alkyl halides is 3. The maximum Gasteiger partial charge on any atom is 0.392 e. The molecule has 0 saturated heterocycles. The highest BCUT2D eigenvalue weighted by molar-refractivity contribution is 5.33.